The monoisotopic (exact) mass is 1930 g/mol. The SMILES string of the molecule is Cc1c(C(=O)C(=O)NC2(C(F)(F)F)COC2)c2n(c1C(=O)Nc1ccnc(C(C)F)c1)[C@@H]1C[C@@H]1C2.Cc1ccc(NC(=O)c2c(C)c(C(=O)C(=O)NC3(C(N)=O)CC(F)(F)C3)c3n2CCC3)cc1Cl.Cc1ccc(NC(=O)c2c(C)c(C(=O)C(=O)NC3(C(N)=O)CC(F)(F)C3)c3n2CCC3)cc1F.Cc1ccc(NC(=O)c2c(C)c(C(=O)C(=O)NC3(CO)CC(F)(F)C3)c3n2CCC3)cc1F. The molecule has 44 heteroatoms. The van der Waals surface area contributed by atoms with E-state index in [9.17, 15) is 125 Å². The summed E-state index contributed by atoms with van der Waals surface area (Å²) in [6.45, 7) is 11.5. The summed E-state index contributed by atoms with van der Waals surface area (Å²) >= 11 is 6.13. The first-order valence-corrected chi connectivity index (χ1v) is 43.5. The van der Waals surface area contributed by atoms with Crippen molar-refractivity contribution in [2.75, 3.05) is 41.1 Å². The number of aryl methyl sites for hydroxylation is 3. The number of ether oxygens (including phenoxy) is 1. The third kappa shape index (κ3) is 18.7. The molecule has 0 radical (unpaired) electrons. The lowest BCUT2D eigenvalue weighted by molar-refractivity contribution is -0.265. The van der Waals surface area contributed by atoms with Gasteiger partial charge in [-0.25, -0.2) is 39.5 Å². The van der Waals surface area contributed by atoms with E-state index in [-0.39, 0.29) is 96.3 Å². The topological polar surface area (TPSA) is 449 Å². The molecule has 10 amide bonds. The first-order chi connectivity index (χ1) is 63.6. The van der Waals surface area contributed by atoms with Gasteiger partial charge in [0.1, 0.15) is 51.7 Å². The van der Waals surface area contributed by atoms with Crippen molar-refractivity contribution in [3.05, 3.63) is 202 Å². The van der Waals surface area contributed by atoms with Crippen LogP contribution in [0.15, 0.2) is 72.9 Å². The van der Waals surface area contributed by atoms with E-state index in [2.05, 4.69) is 46.9 Å². The number of nitrogens with one attached hydrogen (secondary N) is 8. The number of primary amides is 2. The van der Waals surface area contributed by atoms with E-state index in [0.29, 0.717) is 115 Å². The minimum Gasteiger partial charge on any atom is -0.394 e. The standard InChI is InChI=1S/C23H23ClF2N4O4.C23H22F4N4O4.C23H23F3N4O4.C23H24F3N3O4/c1-11-5-6-13(8-14(11)24)28-19(32)17-12(2)16(15-4-3-7-30(15)17)18(31)20(33)29-22(21(27)34)9-23(25,26)10-22;1-10-17(19(32)21(34)30-22(8-35-9-22)23(25,26)27)16-6-12-5-15(12)31(16)18(10)20(33)29-13-3-4-28-14(7-13)11(2)24;1-11-5-6-13(8-14(11)24)28-19(32)17-12(2)16(15-4-3-7-30(15)17)18(31)20(33)29-22(21(27)34)9-23(25,26)10-22;1-12-5-6-14(8-15(12)24)27-20(32)18-13(2)17(16-4-3-7-29(16)18)19(31)21(33)28-22(11-30)9-23(25,26)10-22/h5-6,8H,3-4,7,9-10H2,1-2H3,(H2,27,34)(H,28,32)(H,29,33);3-4,7,11-12,15H,5-6,8-9H2,1-2H3,(H,30,34)(H,28,29,33);5-6,8H,3-4,7,9-10H2,1-2H3,(H2,27,34)(H,28,32)(H,29,33);5-6,8,30H,3-4,7,9-11H2,1-2H3,(H,27,32)(H,28,33)/t;11?,12-,15-;;/m.1../s1. The number of amides is 10. The number of hydrogen-bond acceptors (Lipinski definition) is 17. The normalized spacial score (nSPS) is 18.8. The number of halogens is 13. The third-order valence-electron chi connectivity index (χ3n) is 26.1. The minimum absolute atomic E-state index is 0.0130. The largest absolute Gasteiger partial charge is 0.416 e. The highest BCUT2D eigenvalue weighted by Gasteiger charge is 2.65. The summed E-state index contributed by atoms with van der Waals surface area (Å²) in [6, 6.07) is 16.4. The zero-order valence-corrected chi connectivity index (χ0v) is 74.9. The number of aliphatic hydroxyl groups is 1. The number of rotatable bonds is 24. The van der Waals surface area contributed by atoms with Crippen molar-refractivity contribution < 1.29 is 130 Å². The average molecular weight is 1930 g/mol. The Kier molecular flexibility index (Phi) is 26.4. The van der Waals surface area contributed by atoms with Crippen molar-refractivity contribution in [2.24, 2.45) is 17.4 Å². The second-order valence-corrected chi connectivity index (χ2v) is 36.5. The molecule has 0 spiro atoms. The molecule has 5 fully saturated rings. The van der Waals surface area contributed by atoms with E-state index < -0.39 is 204 Å². The molecule has 0 bridgehead atoms. The molecule has 9 aliphatic rings. The van der Waals surface area contributed by atoms with Crippen LogP contribution in [0.4, 0.5) is 75.4 Å². The van der Waals surface area contributed by atoms with Gasteiger partial charge in [0.05, 0.1) is 53.3 Å². The number of Topliss-reactive ketones (excluding diaryl/α,β-unsaturated/α-hetero) is 4. The molecule has 3 aromatic carbocycles. The molecule has 1 saturated heterocycles. The number of anilines is 4. The predicted octanol–water partition coefficient (Wildman–Crippen LogP) is 11.4. The van der Waals surface area contributed by atoms with E-state index in [0.717, 1.165) is 12.0 Å². The van der Waals surface area contributed by atoms with Gasteiger partial charge in [0.25, 0.3) is 88.2 Å². The number of carbonyl (C=O) groups is 14. The summed E-state index contributed by atoms with van der Waals surface area (Å²) in [5.41, 5.74) is 9.10. The van der Waals surface area contributed by atoms with Crippen LogP contribution in [0.3, 0.4) is 0 Å². The van der Waals surface area contributed by atoms with Crippen molar-refractivity contribution in [1.29, 1.82) is 0 Å². The summed E-state index contributed by atoms with van der Waals surface area (Å²) in [7, 11) is 0. The number of pyridine rings is 1. The Labute approximate surface area is 771 Å². The lowest BCUT2D eigenvalue weighted by Crippen LogP contribution is -2.71. The number of fused-ring (bicyclic) bond motifs is 6. The van der Waals surface area contributed by atoms with Crippen LogP contribution < -0.4 is 54.0 Å². The fourth-order valence-corrected chi connectivity index (χ4v) is 19.2. The highest BCUT2D eigenvalue weighted by Crippen LogP contribution is 2.55. The molecule has 4 saturated carbocycles. The molecule has 1 unspecified atom stereocenters. The first kappa shape index (κ1) is 98.7. The smallest absolute Gasteiger partial charge is 0.394 e. The van der Waals surface area contributed by atoms with E-state index in [1.54, 1.807) is 63.3 Å². The summed E-state index contributed by atoms with van der Waals surface area (Å²) in [6.07, 6.45) is -5.65. The van der Waals surface area contributed by atoms with Crippen LogP contribution in [0.25, 0.3) is 0 Å². The second-order valence-electron chi connectivity index (χ2n) is 36.0. The molecule has 4 aliphatic carbocycles. The van der Waals surface area contributed by atoms with E-state index in [1.165, 1.54) is 76.4 Å². The van der Waals surface area contributed by atoms with Crippen molar-refractivity contribution >= 4 is 117 Å². The van der Waals surface area contributed by atoms with Crippen molar-refractivity contribution in [3.63, 3.8) is 0 Å². The maximum atomic E-state index is 13.9. The number of carbonyl (C=O) groups excluding carboxylic acids is 14. The fraction of sp³-hybridized carbons (Fsp3) is 0.424. The van der Waals surface area contributed by atoms with Gasteiger partial charge in [-0.15, -0.1) is 0 Å². The fourth-order valence-electron chi connectivity index (χ4n) is 19.1. The van der Waals surface area contributed by atoms with Gasteiger partial charge in [0, 0.05) is 121 Å². The molecular weight excluding hydrogens is 1830 g/mol. The number of hydrogen-bond donors (Lipinski definition) is 11. The molecule has 31 nitrogen and oxygen atoms in total. The van der Waals surface area contributed by atoms with Gasteiger partial charge in [0.15, 0.2) is 5.54 Å². The van der Waals surface area contributed by atoms with Crippen LogP contribution in [0.1, 0.15) is 234 Å². The molecule has 10 heterocycles. The maximum Gasteiger partial charge on any atom is 0.416 e. The zero-order chi connectivity index (χ0) is 99.4. The van der Waals surface area contributed by atoms with Gasteiger partial charge in [-0.3, -0.25) is 72.1 Å². The van der Waals surface area contributed by atoms with Crippen molar-refractivity contribution in [1.82, 2.24) is 44.5 Å². The Morgan fingerprint density at radius 3 is 1.19 bits per heavy atom. The summed E-state index contributed by atoms with van der Waals surface area (Å²) < 4.78 is 173. The third-order valence-corrected chi connectivity index (χ3v) is 26.5. The molecule has 722 valence electrons. The molecule has 5 aliphatic heterocycles. The summed E-state index contributed by atoms with van der Waals surface area (Å²) in [4.78, 5) is 183. The summed E-state index contributed by atoms with van der Waals surface area (Å²) in [5, 5.41) is 28.9. The van der Waals surface area contributed by atoms with E-state index >= 15 is 0 Å². The van der Waals surface area contributed by atoms with E-state index in [1.807, 2.05) is 12.2 Å². The van der Waals surface area contributed by atoms with Gasteiger partial charge in [-0.2, -0.15) is 13.2 Å². The Morgan fingerprint density at radius 2 is 0.846 bits per heavy atom. The van der Waals surface area contributed by atoms with E-state index in [4.69, 9.17) is 23.1 Å². The van der Waals surface area contributed by atoms with Crippen LogP contribution in [0.2, 0.25) is 5.02 Å². The zero-order valence-electron chi connectivity index (χ0n) is 74.2. The molecule has 8 aromatic rings. The predicted molar refractivity (Wildman–Crippen MR) is 462 cm³/mol. The van der Waals surface area contributed by atoms with Gasteiger partial charge < -0.3 is 82.1 Å². The average Bonchev–Trinajstić information content (AvgIpc) is 1.53. The molecule has 3 atom stereocenters. The molecule has 5 aromatic heterocycles. The van der Waals surface area contributed by atoms with Gasteiger partial charge in [0.2, 0.25) is 11.8 Å². The highest BCUT2D eigenvalue weighted by atomic mass is 35.5. The number of aliphatic hydroxyl groups excluding tert-OH is 1. The number of alkyl halides is 10. The molecule has 136 heavy (non-hydrogen) atoms. The van der Waals surface area contributed by atoms with Crippen LogP contribution in [0.5, 0.6) is 0 Å². The quantitative estimate of drug-likeness (QED) is 0.0152. The second kappa shape index (κ2) is 36.4. The van der Waals surface area contributed by atoms with Gasteiger partial charge in [-0.1, -0.05) is 29.8 Å². The van der Waals surface area contributed by atoms with Crippen LogP contribution in [-0.2, 0) is 78.8 Å². The van der Waals surface area contributed by atoms with Crippen molar-refractivity contribution in [3.8, 4) is 0 Å². The highest BCUT2D eigenvalue weighted by molar-refractivity contribution is 6.46. The Balaban J connectivity index is 0.000000145. The first-order valence-electron chi connectivity index (χ1n) is 43.1. The van der Waals surface area contributed by atoms with Crippen LogP contribution in [-0.4, -0.2) is 176 Å². The van der Waals surface area contributed by atoms with Gasteiger partial charge >= 0.3 is 6.18 Å². The maximum absolute atomic E-state index is 13.9. The minimum atomic E-state index is -4.79. The van der Waals surface area contributed by atoms with Gasteiger partial charge in [-0.05, 0) is 200 Å². The Morgan fingerprint density at radius 1 is 0.493 bits per heavy atom. The number of benzene rings is 3. The Hall–Kier alpha value is -13.3. The molecular formula is C92H92ClF12N15O16. The van der Waals surface area contributed by atoms with Crippen LogP contribution >= 0.6 is 11.6 Å². The Bertz CT molecular complexity index is 6230. The number of nitrogens with zero attached hydrogens (tertiary/aromatic N) is 5. The lowest BCUT2D eigenvalue weighted by Gasteiger charge is -2.46. The number of nitrogens with two attached hydrogens (primary N) is 2. The summed E-state index contributed by atoms with van der Waals surface area (Å²) in [5.74, 6) is -23.6. The lowest BCUT2D eigenvalue weighted by atomic mass is 9.72. The number of aromatic nitrogens is 5. The van der Waals surface area contributed by atoms with Crippen LogP contribution in [0, 0.1) is 66.0 Å². The molecule has 17 rings (SSSR count). The van der Waals surface area contributed by atoms with Crippen molar-refractivity contribution in [2.45, 2.75) is 223 Å². The number of ketones is 4. The molecule has 13 N–H and O–H groups in total.